The number of hydrogen-bond donors (Lipinski definition) is 0. The maximum atomic E-state index is 5.30. The Morgan fingerprint density at radius 2 is 1.89 bits per heavy atom. The fourth-order valence-corrected chi connectivity index (χ4v) is 1.77. The number of benzene rings is 2. The van der Waals surface area contributed by atoms with Crippen LogP contribution in [0.5, 0.6) is 0 Å². The van der Waals surface area contributed by atoms with Crippen LogP contribution in [-0.4, -0.2) is 6.21 Å². The Kier molecular flexibility index (Phi) is 4.51. The maximum absolute atomic E-state index is 5.30. The summed E-state index contributed by atoms with van der Waals surface area (Å²) in [4.78, 5) is 5.30. The Labute approximate surface area is 114 Å². The molecule has 0 unspecified atom stereocenters. The molecule has 2 rings (SSSR count). The molecule has 0 spiro atoms. The lowest BCUT2D eigenvalue weighted by Crippen LogP contribution is -1.89. The molecule has 0 aliphatic carbocycles. The van der Waals surface area contributed by atoms with E-state index < -0.39 is 0 Å². The number of oxime groups is 1. The first-order valence-corrected chi connectivity index (χ1v) is 6.21. The summed E-state index contributed by atoms with van der Waals surface area (Å²) >= 11 is 0. The smallest absolute Gasteiger partial charge is 0.142 e. The molecule has 19 heavy (non-hydrogen) atoms. The van der Waals surface area contributed by atoms with E-state index in [2.05, 4.69) is 30.8 Å². The molecule has 0 aliphatic rings. The van der Waals surface area contributed by atoms with Gasteiger partial charge in [0, 0.05) is 0 Å². The third kappa shape index (κ3) is 4.11. The quantitative estimate of drug-likeness (QED) is 0.577. The van der Waals surface area contributed by atoms with Crippen LogP contribution in [0.2, 0.25) is 0 Å². The molecule has 2 nitrogen and oxygen atoms in total. The van der Waals surface area contributed by atoms with Gasteiger partial charge in [0.05, 0.1) is 6.21 Å². The number of aryl methyl sites for hydroxylation is 1. The zero-order valence-corrected chi connectivity index (χ0v) is 11.0. The van der Waals surface area contributed by atoms with Crippen molar-refractivity contribution in [2.45, 2.75) is 13.5 Å². The minimum Gasteiger partial charge on any atom is -0.391 e. The molecular formula is C17H17NO. The van der Waals surface area contributed by atoms with Gasteiger partial charge in [-0.1, -0.05) is 65.8 Å². The topological polar surface area (TPSA) is 21.6 Å². The molecular weight excluding hydrogens is 234 g/mol. The third-order valence-corrected chi connectivity index (χ3v) is 2.74. The fourth-order valence-electron chi connectivity index (χ4n) is 1.77. The summed E-state index contributed by atoms with van der Waals surface area (Å²) < 4.78 is 0. The van der Waals surface area contributed by atoms with E-state index in [9.17, 15) is 0 Å². The second-order valence-electron chi connectivity index (χ2n) is 4.37. The van der Waals surface area contributed by atoms with Gasteiger partial charge in [-0.3, -0.25) is 0 Å². The summed E-state index contributed by atoms with van der Waals surface area (Å²) in [7, 11) is 0. The lowest BCUT2D eigenvalue weighted by atomic mass is 10.1. The first-order chi connectivity index (χ1) is 9.28. The molecule has 2 aromatic carbocycles. The Hall–Kier alpha value is -2.35. The highest BCUT2D eigenvalue weighted by Gasteiger charge is 1.93. The largest absolute Gasteiger partial charge is 0.391 e. The average Bonchev–Trinajstić information content (AvgIpc) is 2.44. The highest BCUT2D eigenvalue weighted by Crippen LogP contribution is 2.08. The minimum absolute atomic E-state index is 0.462. The highest BCUT2D eigenvalue weighted by atomic mass is 16.6. The highest BCUT2D eigenvalue weighted by molar-refractivity contribution is 5.79. The molecule has 0 heterocycles. The van der Waals surface area contributed by atoms with Crippen molar-refractivity contribution in [1.82, 2.24) is 0 Å². The molecule has 2 aromatic rings. The maximum Gasteiger partial charge on any atom is 0.142 e. The summed E-state index contributed by atoms with van der Waals surface area (Å²) in [6.45, 7) is 6.26. The van der Waals surface area contributed by atoms with Gasteiger partial charge in [-0.05, 0) is 29.7 Å². The van der Waals surface area contributed by atoms with Crippen LogP contribution in [0.1, 0.15) is 22.3 Å². The SMILES string of the molecule is C=Cc1cccc(CON=Cc2cccc(C)c2)c1. The normalized spacial score (nSPS) is 10.6. The average molecular weight is 251 g/mol. The summed E-state index contributed by atoms with van der Waals surface area (Å²) in [5, 5.41) is 3.98. The lowest BCUT2D eigenvalue weighted by Gasteiger charge is -2.01. The van der Waals surface area contributed by atoms with Gasteiger partial charge in [0.2, 0.25) is 0 Å². The van der Waals surface area contributed by atoms with E-state index in [4.69, 9.17) is 4.84 Å². The van der Waals surface area contributed by atoms with E-state index in [-0.39, 0.29) is 0 Å². The van der Waals surface area contributed by atoms with Crippen LogP contribution in [0.15, 0.2) is 60.3 Å². The van der Waals surface area contributed by atoms with Crippen molar-refractivity contribution in [1.29, 1.82) is 0 Å². The molecule has 2 heteroatoms. The van der Waals surface area contributed by atoms with Gasteiger partial charge in [0.25, 0.3) is 0 Å². The lowest BCUT2D eigenvalue weighted by molar-refractivity contribution is 0.132. The Morgan fingerprint density at radius 3 is 2.68 bits per heavy atom. The molecule has 0 radical (unpaired) electrons. The van der Waals surface area contributed by atoms with Crippen molar-refractivity contribution >= 4 is 12.3 Å². The van der Waals surface area contributed by atoms with Crippen molar-refractivity contribution in [3.63, 3.8) is 0 Å². The van der Waals surface area contributed by atoms with Crippen molar-refractivity contribution in [2.24, 2.45) is 5.16 Å². The number of hydrogen-bond acceptors (Lipinski definition) is 2. The Morgan fingerprint density at radius 1 is 1.11 bits per heavy atom. The molecule has 0 saturated heterocycles. The minimum atomic E-state index is 0.462. The first-order valence-electron chi connectivity index (χ1n) is 6.21. The van der Waals surface area contributed by atoms with Crippen molar-refractivity contribution < 1.29 is 4.84 Å². The van der Waals surface area contributed by atoms with E-state index >= 15 is 0 Å². The van der Waals surface area contributed by atoms with E-state index in [1.54, 1.807) is 6.21 Å². The van der Waals surface area contributed by atoms with Gasteiger partial charge in [-0.25, -0.2) is 0 Å². The van der Waals surface area contributed by atoms with E-state index in [1.807, 2.05) is 42.5 Å². The summed E-state index contributed by atoms with van der Waals surface area (Å²) in [6, 6.07) is 16.2. The summed E-state index contributed by atoms with van der Waals surface area (Å²) in [5.74, 6) is 0. The van der Waals surface area contributed by atoms with Crippen molar-refractivity contribution in [2.75, 3.05) is 0 Å². The van der Waals surface area contributed by atoms with Crippen LogP contribution in [0.3, 0.4) is 0 Å². The Balaban J connectivity index is 1.91. The monoisotopic (exact) mass is 251 g/mol. The van der Waals surface area contributed by atoms with Crippen LogP contribution in [-0.2, 0) is 11.4 Å². The van der Waals surface area contributed by atoms with Crippen LogP contribution in [0, 0.1) is 6.92 Å². The molecule has 0 bridgehead atoms. The van der Waals surface area contributed by atoms with Gasteiger partial charge in [-0.2, -0.15) is 0 Å². The zero-order chi connectivity index (χ0) is 13.5. The molecule has 0 saturated carbocycles. The van der Waals surface area contributed by atoms with E-state index in [1.165, 1.54) is 5.56 Å². The second kappa shape index (κ2) is 6.55. The van der Waals surface area contributed by atoms with Crippen LogP contribution in [0.25, 0.3) is 6.08 Å². The number of nitrogens with zero attached hydrogens (tertiary/aromatic N) is 1. The van der Waals surface area contributed by atoms with E-state index in [0.29, 0.717) is 6.61 Å². The molecule has 96 valence electrons. The van der Waals surface area contributed by atoms with E-state index in [0.717, 1.165) is 16.7 Å². The van der Waals surface area contributed by atoms with Gasteiger partial charge < -0.3 is 4.84 Å². The molecule has 0 N–H and O–H groups in total. The van der Waals surface area contributed by atoms with Gasteiger partial charge in [0.1, 0.15) is 6.61 Å². The summed E-state index contributed by atoms with van der Waals surface area (Å²) in [6.07, 6.45) is 3.55. The predicted molar refractivity (Wildman–Crippen MR) is 80.1 cm³/mol. The van der Waals surface area contributed by atoms with Crippen LogP contribution >= 0.6 is 0 Å². The van der Waals surface area contributed by atoms with Gasteiger partial charge in [0.15, 0.2) is 0 Å². The molecule has 0 amide bonds. The number of rotatable bonds is 5. The second-order valence-corrected chi connectivity index (χ2v) is 4.37. The van der Waals surface area contributed by atoms with Crippen LogP contribution in [0.4, 0.5) is 0 Å². The molecule has 0 fully saturated rings. The van der Waals surface area contributed by atoms with Gasteiger partial charge >= 0.3 is 0 Å². The first kappa shape index (κ1) is 13.1. The zero-order valence-electron chi connectivity index (χ0n) is 11.0. The van der Waals surface area contributed by atoms with Gasteiger partial charge in [-0.15, -0.1) is 0 Å². The van der Waals surface area contributed by atoms with Crippen LogP contribution < -0.4 is 0 Å². The third-order valence-electron chi connectivity index (χ3n) is 2.74. The Bertz CT molecular complexity index is 587. The van der Waals surface area contributed by atoms with Crippen molar-refractivity contribution in [3.05, 3.63) is 77.4 Å². The molecule has 0 aromatic heterocycles. The summed E-state index contributed by atoms with van der Waals surface area (Å²) in [5.41, 5.74) is 4.42. The van der Waals surface area contributed by atoms with Crippen molar-refractivity contribution in [3.8, 4) is 0 Å². The standard InChI is InChI=1S/C17H17NO/c1-3-15-7-5-9-17(11-15)13-19-18-12-16-8-4-6-14(2)10-16/h3-12H,1,13H2,2H3. The fraction of sp³-hybridized carbons (Fsp3) is 0.118. The predicted octanol–water partition coefficient (Wildman–Crippen LogP) is 4.19. The molecule has 0 atom stereocenters. The molecule has 0 aliphatic heterocycles.